The van der Waals surface area contributed by atoms with Crippen molar-refractivity contribution in [1.29, 1.82) is 0 Å². The summed E-state index contributed by atoms with van der Waals surface area (Å²) in [6, 6.07) is 3.24. The lowest BCUT2D eigenvalue weighted by atomic mass is 9.88. The normalized spacial score (nSPS) is 25.9. The number of ether oxygens (including phenoxy) is 3. The van der Waals surface area contributed by atoms with Gasteiger partial charge in [-0.1, -0.05) is 78.0 Å². The fourth-order valence-corrected chi connectivity index (χ4v) is 11.0. The van der Waals surface area contributed by atoms with Crippen molar-refractivity contribution in [3.63, 3.8) is 0 Å². The summed E-state index contributed by atoms with van der Waals surface area (Å²) in [5, 5.41) is 21.7. The van der Waals surface area contributed by atoms with Gasteiger partial charge in [-0.3, -0.25) is 58.2 Å². The standard InChI is InChI=1S/C59H80N8O14/c1-14-15-19-41-52(71)62-43(29-39-30-65(59(10,11)51-31-79-51)44-20-17-16-18-40(39)44)56(75)63(12)46(23-32(2)3)53(72)61-42(27-38-21-22-50(80-36(8)68)45(28-38)67(77)78)49(70)26-34(6)55(74)64(13)48-25-35(7)58(81-37(9)69)66(57(48)76)47(24-33(4)5)54(73)60-41/h14-18,20-22,28,30,32-35,41-43,46-48,51,58H,19,23-27,29,31H2,1-13H3,(H,60,73)(H,61,72)(H,62,71)/b15-14+/t34-,35?,41+,42+,43+,46+,47+,48+,51-,58-/m1/s1. The number of nitro benzene ring substituents is 1. The van der Waals surface area contributed by atoms with Gasteiger partial charge in [0.05, 0.1) is 23.1 Å². The van der Waals surface area contributed by atoms with E-state index in [1.54, 1.807) is 26.0 Å². The van der Waals surface area contributed by atoms with Crippen LogP contribution in [0.3, 0.4) is 0 Å². The molecule has 10 atom stereocenters. The fourth-order valence-electron chi connectivity index (χ4n) is 11.0. The topological polar surface area (TPSA) is 278 Å². The average Bonchev–Trinajstić information content (AvgIpc) is 4.26. The van der Waals surface area contributed by atoms with Crippen LogP contribution in [0.4, 0.5) is 5.69 Å². The number of rotatable bonds is 15. The molecule has 3 aliphatic rings. The van der Waals surface area contributed by atoms with E-state index in [1.807, 2.05) is 72.0 Å². The third kappa shape index (κ3) is 14.9. The molecule has 6 amide bonds. The molecular weight excluding hydrogens is 1040 g/mol. The predicted octanol–water partition coefficient (Wildman–Crippen LogP) is 5.30. The van der Waals surface area contributed by atoms with Gasteiger partial charge in [-0.15, -0.1) is 0 Å². The number of allylic oxidation sites excluding steroid dienone is 1. The van der Waals surface area contributed by atoms with Gasteiger partial charge in [0, 0.05) is 75.8 Å². The van der Waals surface area contributed by atoms with Gasteiger partial charge in [0.25, 0.3) is 0 Å². The predicted molar refractivity (Wildman–Crippen MR) is 299 cm³/mol. The summed E-state index contributed by atoms with van der Waals surface area (Å²) in [6.07, 6.45) is 2.98. The molecule has 3 aromatic rings. The second-order valence-electron chi connectivity index (χ2n) is 23.3. The van der Waals surface area contributed by atoms with E-state index < -0.39 is 130 Å². The monoisotopic (exact) mass is 1120 g/mol. The Bertz CT molecular complexity index is 2930. The first-order valence-electron chi connectivity index (χ1n) is 27.8. The molecule has 0 aliphatic carbocycles. The van der Waals surface area contributed by atoms with Crippen molar-refractivity contribution in [2.75, 3.05) is 20.7 Å². The summed E-state index contributed by atoms with van der Waals surface area (Å²) in [4.78, 5) is 145. The third-order valence-electron chi connectivity index (χ3n) is 15.5. The Balaban J connectivity index is 1.54. The molecule has 4 heterocycles. The minimum absolute atomic E-state index is 0.00989. The third-order valence-corrected chi connectivity index (χ3v) is 15.5. The van der Waals surface area contributed by atoms with Crippen LogP contribution in [-0.2, 0) is 71.0 Å². The van der Waals surface area contributed by atoms with Gasteiger partial charge < -0.3 is 44.5 Å². The highest BCUT2D eigenvalue weighted by Crippen LogP contribution is 2.37. The van der Waals surface area contributed by atoms with Gasteiger partial charge >= 0.3 is 17.6 Å². The quantitative estimate of drug-likeness (QED) is 0.0435. The Kier molecular flexibility index (Phi) is 20.4. The fraction of sp³-hybridized carbons (Fsp3) is 0.576. The van der Waals surface area contributed by atoms with Crippen LogP contribution in [0.2, 0.25) is 0 Å². The molecule has 1 aromatic heterocycles. The summed E-state index contributed by atoms with van der Waals surface area (Å²) < 4.78 is 18.8. The molecule has 1 unspecified atom stereocenters. The largest absolute Gasteiger partial charge is 0.441 e. The number of esters is 2. The van der Waals surface area contributed by atoms with Gasteiger partial charge in [-0.2, -0.15) is 0 Å². The van der Waals surface area contributed by atoms with E-state index in [-0.39, 0.29) is 67.8 Å². The maximum Gasteiger partial charge on any atom is 0.311 e. The Labute approximate surface area is 473 Å². The molecular formula is C59H80N8O14. The number of nitro groups is 1. The maximum atomic E-state index is 15.5. The highest BCUT2D eigenvalue weighted by atomic mass is 16.6. The van der Waals surface area contributed by atoms with Gasteiger partial charge in [0.15, 0.2) is 12.0 Å². The summed E-state index contributed by atoms with van der Waals surface area (Å²) in [7, 11) is 2.82. The van der Waals surface area contributed by atoms with Crippen molar-refractivity contribution < 1.29 is 62.3 Å². The molecule has 2 aromatic carbocycles. The van der Waals surface area contributed by atoms with Crippen LogP contribution in [0.25, 0.3) is 10.9 Å². The van der Waals surface area contributed by atoms with Crippen molar-refractivity contribution >= 4 is 69.8 Å². The zero-order valence-electron chi connectivity index (χ0n) is 48.8. The number of hydrogen-bond donors (Lipinski definition) is 3. The van der Waals surface area contributed by atoms with Crippen molar-refractivity contribution in [3.8, 4) is 5.75 Å². The van der Waals surface area contributed by atoms with Crippen molar-refractivity contribution in [3.05, 3.63) is 82.1 Å². The summed E-state index contributed by atoms with van der Waals surface area (Å²) in [5.74, 6) is -9.21. The molecule has 2 bridgehead atoms. The van der Waals surface area contributed by atoms with Crippen LogP contribution in [0.15, 0.2) is 60.8 Å². The first kappa shape index (κ1) is 62.7. The number of nitrogens with one attached hydrogen (secondary N) is 3. The van der Waals surface area contributed by atoms with Crippen LogP contribution in [-0.4, -0.2) is 147 Å². The number of aromatic nitrogens is 1. The smallest absolute Gasteiger partial charge is 0.311 e. The summed E-state index contributed by atoms with van der Waals surface area (Å²) >= 11 is 0. The second-order valence-corrected chi connectivity index (χ2v) is 23.3. The SMILES string of the molecule is C/C=C/C[C@@H]1NC(=O)[C@H](CC(C)C)N2C(=O)[C@H](CC(C)[C@H]2OC(C)=O)N(C)C(=O)[C@H](C)CC(=O)[C@H](Cc2ccc(OC(C)=O)c([N+](=O)[O-])c2)NC(=O)[C@H](CC(C)C)N(C)C(=O)[C@H](Cc2cn(C(C)(C)[C@H]3CO3)c3ccccc23)NC1=O. The minimum Gasteiger partial charge on any atom is -0.441 e. The van der Waals surface area contributed by atoms with Crippen LogP contribution < -0.4 is 20.7 Å². The number of nitrogens with zero attached hydrogens (tertiary/aromatic N) is 5. The van der Waals surface area contributed by atoms with Crippen LogP contribution >= 0.6 is 0 Å². The van der Waals surface area contributed by atoms with E-state index in [1.165, 1.54) is 54.8 Å². The minimum atomic E-state index is -1.47. The second kappa shape index (κ2) is 26.4. The molecule has 440 valence electrons. The van der Waals surface area contributed by atoms with Crippen LogP contribution in [0, 0.1) is 33.8 Å². The van der Waals surface area contributed by atoms with Crippen molar-refractivity contribution in [2.24, 2.45) is 23.7 Å². The zero-order valence-corrected chi connectivity index (χ0v) is 48.8. The zero-order chi connectivity index (χ0) is 59.9. The number of epoxide rings is 1. The molecule has 3 N–H and O–H groups in total. The lowest BCUT2D eigenvalue weighted by molar-refractivity contribution is -0.385. The van der Waals surface area contributed by atoms with Gasteiger partial charge in [-0.25, -0.2) is 0 Å². The Morgan fingerprint density at radius 3 is 2.04 bits per heavy atom. The molecule has 22 heteroatoms. The van der Waals surface area contributed by atoms with E-state index >= 15 is 24.0 Å². The van der Waals surface area contributed by atoms with E-state index in [9.17, 15) is 29.3 Å². The molecule has 3 fully saturated rings. The number of likely N-dealkylation sites (N-methyl/N-ethyl adjacent to an activating group) is 2. The number of amides is 6. The van der Waals surface area contributed by atoms with Gasteiger partial charge in [-0.05, 0) is 88.0 Å². The molecule has 3 aliphatic heterocycles. The van der Waals surface area contributed by atoms with E-state index in [4.69, 9.17) is 14.2 Å². The number of fused-ring (bicyclic) bond motifs is 3. The molecule has 6 rings (SSSR count). The molecule has 0 radical (unpaired) electrons. The number of ketones is 1. The van der Waals surface area contributed by atoms with E-state index in [2.05, 4.69) is 20.5 Å². The lowest BCUT2D eigenvalue weighted by Gasteiger charge is -2.47. The van der Waals surface area contributed by atoms with Crippen molar-refractivity contribution in [1.82, 2.24) is 35.2 Å². The van der Waals surface area contributed by atoms with Crippen LogP contribution in [0.1, 0.15) is 119 Å². The number of carbonyl (C=O) groups is 9. The summed E-state index contributed by atoms with van der Waals surface area (Å²) in [6.45, 7) is 19.2. The summed E-state index contributed by atoms with van der Waals surface area (Å²) in [5.41, 5.74) is 0.572. The molecule has 0 spiro atoms. The first-order valence-corrected chi connectivity index (χ1v) is 27.8. The number of piperidine rings is 1. The average molecular weight is 1130 g/mol. The Morgan fingerprint density at radius 1 is 0.815 bits per heavy atom. The number of para-hydroxylation sites is 1. The van der Waals surface area contributed by atoms with E-state index in [0.717, 1.165) is 23.9 Å². The number of benzene rings is 2. The molecule has 81 heavy (non-hydrogen) atoms. The molecule has 22 nitrogen and oxygen atoms in total. The number of carbonyl (C=O) groups excluding carboxylic acids is 9. The Hall–Kier alpha value is -7.49. The first-order chi connectivity index (χ1) is 38.0. The lowest BCUT2D eigenvalue weighted by Crippen LogP contribution is -2.66. The molecule has 3 saturated heterocycles. The van der Waals surface area contributed by atoms with Crippen molar-refractivity contribution in [2.45, 2.75) is 175 Å². The van der Waals surface area contributed by atoms with E-state index in [0.29, 0.717) is 12.2 Å². The molecule has 0 saturated carbocycles. The number of Topliss-reactive ketones (excluding diaryl/α,β-unsaturated/α-hetero) is 1. The maximum absolute atomic E-state index is 15.5. The highest BCUT2D eigenvalue weighted by molar-refractivity contribution is 5.99. The van der Waals surface area contributed by atoms with Crippen LogP contribution in [0.5, 0.6) is 5.75 Å². The van der Waals surface area contributed by atoms with Gasteiger partial charge in [0.2, 0.25) is 41.2 Å². The number of hydrogen-bond acceptors (Lipinski definition) is 14. The highest BCUT2D eigenvalue weighted by Gasteiger charge is 2.50. The van der Waals surface area contributed by atoms with Gasteiger partial charge in [0.1, 0.15) is 36.3 Å². The Morgan fingerprint density at radius 2 is 1.43 bits per heavy atom.